The molecule has 0 nitrogen and oxygen atoms in total. The highest BCUT2D eigenvalue weighted by atomic mass is 14.2. The summed E-state index contributed by atoms with van der Waals surface area (Å²) in [7, 11) is 0. The highest BCUT2D eigenvalue weighted by Gasteiger charge is 2.20. The first-order valence-corrected chi connectivity index (χ1v) is 19.5. The fourth-order valence-corrected chi connectivity index (χ4v) is 8.02. The summed E-state index contributed by atoms with van der Waals surface area (Å²) < 4.78 is 0. The zero-order valence-electron chi connectivity index (χ0n) is 29.9. The van der Waals surface area contributed by atoms with Gasteiger partial charge < -0.3 is 0 Å². The molecule has 0 aromatic heterocycles. The first-order chi connectivity index (χ1) is 22.7. The normalized spacial score (nSPS) is 11.9. The van der Waals surface area contributed by atoms with Crippen LogP contribution in [0.4, 0.5) is 0 Å². The zero-order valence-corrected chi connectivity index (χ0v) is 29.9. The van der Waals surface area contributed by atoms with Crippen molar-refractivity contribution < 1.29 is 0 Å². The molecule has 0 amide bonds. The molecule has 0 saturated heterocycles. The second kappa shape index (κ2) is 17.9. The maximum atomic E-state index is 2.63. The first kappa shape index (κ1) is 34.5. The van der Waals surface area contributed by atoms with Crippen molar-refractivity contribution >= 4 is 43.1 Å². The van der Waals surface area contributed by atoms with Crippen LogP contribution in [-0.2, 0) is 25.7 Å². The first-order valence-electron chi connectivity index (χ1n) is 19.5. The molecule has 0 atom stereocenters. The zero-order chi connectivity index (χ0) is 32.1. The largest absolute Gasteiger partial charge is 0.0654 e. The van der Waals surface area contributed by atoms with E-state index in [0.717, 1.165) is 0 Å². The lowest BCUT2D eigenvalue weighted by atomic mass is 9.80. The predicted molar refractivity (Wildman–Crippen MR) is 208 cm³/mol. The Balaban J connectivity index is 1.73. The molecular formula is C46H62. The number of unbranched alkanes of at least 4 members (excludes halogenated alkanes) is 12. The van der Waals surface area contributed by atoms with Gasteiger partial charge in [0.25, 0.3) is 0 Å². The molecule has 0 N–H and O–H groups in total. The molecule has 5 aromatic carbocycles. The van der Waals surface area contributed by atoms with Gasteiger partial charge in [0.05, 0.1) is 0 Å². The second-order valence-electron chi connectivity index (χ2n) is 14.3. The van der Waals surface area contributed by atoms with Crippen molar-refractivity contribution in [3.05, 3.63) is 82.9 Å². The molecule has 0 radical (unpaired) electrons. The number of rotatable bonds is 20. The van der Waals surface area contributed by atoms with Gasteiger partial charge in [-0.05, 0) is 153 Å². The lowest BCUT2D eigenvalue weighted by molar-refractivity contribution is 0.634. The molecule has 46 heavy (non-hydrogen) atoms. The van der Waals surface area contributed by atoms with Gasteiger partial charge >= 0.3 is 0 Å². The highest BCUT2D eigenvalue weighted by Crippen LogP contribution is 2.39. The Morgan fingerprint density at radius 2 is 0.609 bits per heavy atom. The molecule has 0 unspecified atom stereocenters. The van der Waals surface area contributed by atoms with Crippen LogP contribution >= 0.6 is 0 Å². The van der Waals surface area contributed by atoms with E-state index in [1.165, 1.54) is 161 Å². The molecule has 0 bridgehead atoms. The number of benzene rings is 5. The van der Waals surface area contributed by atoms with Crippen molar-refractivity contribution in [1.82, 2.24) is 0 Å². The number of hydrogen-bond acceptors (Lipinski definition) is 0. The summed E-state index contributed by atoms with van der Waals surface area (Å²) in [6.07, 6.45) is 26.4. The van der Waals surface area contributed by atoms with Gasteiger partial charge in [-0.3, -0.25) is 0 Å². The van der Waals surface area contributed by atoms with Crippen LogP contribution in [0.5, 0.6) is 0 Å². The Bertz CT molecular complexity index is 1560. The third kappa shape index (κ3) is 8.53. The van der Waals surface area contributed by atoms with Gasteiger partial charge in [-0.2, -0.15) is 0 Å². The maximum Gasteiger partial charge on any atom is -0.0140 e. The van der Waals surface area contributed by atoms with Crippen molar-refractivity contribution in [3.63, 3.8) is 0 Å². The molecule has 5 rings (SSSR count). The van der Waals surface area contributed by atoms with Gasteiger partial charge in [-0.25, -0.2) is 0 Å². The molecular weight excluding hydrogens is 553 g/mol. The van der Waals surface area contributed by atoms with Gasteiger partial charge in [0.2, 0.25) is 0 Å². The number of hydrogen-bond donors (Lipinski definition) is 0. The van der Waals surface area contributed by atoms with Crippen LogP contribution in [0.3, 0.4) is 0 Å². The Labute approximate surface area is 281 Å². The molecule has 0 fully saturated rings. The SMILES string of the molecule is CCCCCCc1c(CCCCCC)c(CCCCCC)c2cc3cc4cc5ccccc5cc4cc3cc2c1CCCCCC. The molecule has 0 spiro atoms. The minimum absolute atomic E-state index is 1.24. The topological polar surface area (TPSA) is 0 Å². The van der Waals surface area contributed by atoms with Crippen LogP contribution in [-0.4, -0.2) is 0 Å². The van der Waals surface area contributed by atoms with Gasteiger partial charge in [0.15, 0.2) is 0 Å². The quantitative estimate of drug-likeness (QED) is 0.0604. The van der Waals surface area contributed by atoms with Crippen molar-refractivity contribution in [1.29, 1.82) is 0 Å². The van der Waals surface area contributed by atoms with E-state index >= 15 is 0 Å². The average Bonchev–Trinajstić information content (AvgIpc) is 3.07. The van der Waals surface area contributed by atoms with E-state index in [4.69, 9.17) is 0 Å². The lowest BCUT2D eigenvalue weighted by Crippen LogP contribution is -2.09. The van der Waals surface area contributed by atoms with Gasteiger partial charge in [0.1, 0.15) is 0 Å². The minimum atomic E-state index is 1.24. The fourth-order valence-electron chi connectivity index (χ4n) is 8.02. The molecule has 0 aliphatic heterocycles. The summed E-state index contributed by atoms with van der Waals surface area (Å²) in [6.45, 7) is 9.38. The number of aryl methyl sites for hydroxylation is 2. The Morgan fingerprint density at radius 3 is 0.957 bits per heavy atom. The molecule has 0 heterocycles. The maximum absolute atomic E-state index is 2.63. The summed E-state index contributed by atoms with van der Waals surface area (Å²) in [5.74, 6) is 0. The van der Waals surface area contributed by atoms with Gasteiger partial charge in [-0.1, -0.05) is 129 Å². The van der Waals surface area contributed by atoms with Crippen LogP contribution in [0.15, 0.2) is 60.7 Å². The molecule has 0 aliphatic carbocycles. The third-order valence-electron chi connectivity index (χ3n) is 10.7. The van der Waals surface area contributed by atoms with Crippen molar-refractivity contribution in [2.24, 2.45) is 0 Å². The Kier molecular flexibility index (Phi) is 13.4. The van der Waals surface area contributed by atoms with Crippen LogP contribution < -0.4 is 0 Å². The molecule has 0 heteroatoms. The van der Waals surface area contributed by atoms with E-state index in [2.05, 4.69) is 88.4 Å². The van der Waals surface area contributed by atoms with Gasteiger partial charge in [-0.15, -0.1) is 0 Å². The molecule has 246 valence electrons. The number of fused-ring (bicyclic) bond motifs is 4. The minimum Gasteiger partial charge on any atom is -0.0654 e. The van der Waals surface area contributed by atoms with Crippen molar-refractivity contribution in [3.8, 4) is 0 Å². The Morgan fingerprint density at radius 1 is 0.304 bits per heavy atom. The van der Waals surface area contributed by atoms with Crippen LogP contribution in [0.2, 0.25) is 0 Å². The van der Waals surface area contributed by atoms with Gasteiger partial charge in [0, 0.05) is 0 Å². The predicted octanol–water partition coefficient (Wildman–Crippen LogP) is 14.8. The fraction of sp³-hybridized carbons (Fsp3) is 0.522. The van der Waals surface area contributed by atoms with Crippen molar-refractivity contribution in [2.75, 3.05) is 0 Å². The van der Waals surface area contributed by atoms with Crippen LogP contribution in [0.1, 0.15) is 153 Å². The summed E-state index contributed by atoms with van der Waals surface area (Å²) in [5, 5.41) is 11.4. The van der Waals surface area contributed by atoms with Crippen LogP contribution in [0.25, 0.3) is 43.1 Å². The smallest absolute Gasteiger partial charge is 0.0140 e. The lowest BCUT2D eigenvalue weighted by Gasteiger charge is -2.24. The van der Waals surface area contributed by atoms with E-state index in [-0.39, 0.29) is 0 Å². The molecule has 0 aliphatic rings. The van der Waals surface area contributed by atoms with E-state index in [9.17, 15) is 0 Å². The molecule has 5 aromatic rings. The van der Waals surface area contributed by atoms with Crippen LogP contribution in [0, 0.1) is 0 Å². The van der Waals surface area contributed by atoms with E-state index in [1.54, 1.807) is 33.0 Å². The summed E-state index contributed by atoms with van der Waals surface area (Å²) in [6, 6.07) is 23.9. The Hall–Kier alpha value is -2.86. The summed E-state index contributed by atoms with van der Waals surface area (Å²) in [4.78, 5) is 0. The standard InChI is InChI=1S/C46H62/c1-5-9-13-17-25-41-42(26-18-14-10-6-2)44(28-20-16-12-8-4)46-34-40-32-38-30-36-24-22-21-23-35(36)29-37(38)31-39(40)33-45(46)43(41)27-19-15-11-7-3/h21-24,29-34H,5-20,25-28H2,1-4H3. The monoisotopic (exact) mass is 614 g/mol. The second-order valence-corrected chi connectivity index (χ2v) is 14.3. The van der Waals surface area contributed by atoms with E-state index in [1.807, 2.05) is 0 Å². The third-order valence-corrected chi connectivity index (χ3v) is 10.7. The summed E-state index contributed by atoms with van der Waals surface area (Å²) >= 11 is 0. The summed E-state index contributed by atoms with van der Waals surface area (Å²) in [5.41, 5.74) is 6.97. The van der Waals surface area contributed by atoms with Crippen molar-refractivity contribution in [2.45, 2.75) is 156 Å². The van der Waals surface area contributed by atoms with E-state index < -0.39 is 0 Å². The highest BCUT2D eigenvalue weighted by molar-refractivity contribution is 6.09. The van der Waals surface area contributed by atoms with E-state index in [0.29, 0.717) is 0 Å². The average molecular weight is 615 g/mol. The molecule has 0 saturated carbocycles.